The zero-order valence-corrected chi connectivity index (χ0v) is 13.8. The molecule has 1 heterocycles. The molecule has 0 spiro atoms. The van der Waals surface area contributed by atoms with Crippen LogP contribution in [0.4, 0.5) is 5.69 Å². The molecule has 0 aliphatic carbocycles. The molecule has 2 N–H and O–H groups in total. The Morgan fingerprint density at radius 2 is 1.92 bits per heavy atom. The van der Waals surface area contributed by atoms with Gasteiger partial charge in [-0.15, -0.1) is 0 Å². The van der Waals surface area contributed by atoms with E-state index in [2.05, 4.69) is 5.32 Å². The molecule has 3 aromatic rings. The van der Waals surface area contributed by atoms with Crippen LogP contribution in [0.25, 0.3) is 11.0 Å². The van der Waals surface area contributed by atoms with E-state index >= 15 is 0 Å². The molecule has 2 aromatic carbocycles. The number of aromatic carboxylic acids is 1. The highest BCUT2D eigenvalue weighted by Gasteiger charge is 2.16. The van der Waals surface area contributed by atoms with Crippen molar-refractivity contribution in [3.8, 4) is 5.75 Å². The number of anilines is 1. The number of rotatable bonds is 5. The molecule has 7 heteroatoms. The molecule has 0 saturated heterocycles. The van der Waals surface area contributed by atoms with Crippen LogP contribution in [0.15, 0.2) is 57.7 Å². The van der Waals surface area contributed by atoms with Crippen LogP contribution >= 0.6 is 0 Å². The van der Waals surface area contributed by atoms with Crippen molar-refractivity contribution in [1.82, 2.24) is 0 Å². The van der Waals surface area contributed by atoms with E-state index in [0.717, 1.165) is 0 Å². The average molecular weight is 353 g/mol. The maximum Gasteiger partial charge on any atom is 0.349 e. The minimum absolute atomic E-state index is 0.0229. The van der Waals surface area contributed by atoms with Crippen molar-refractivity contribution in [2.75, 3.05) is 11.9 Å². The maximum absolute atomic E-state index is 12.4. The second-order valence-electron chi connectivity index (χ2n) is 5.40. The van der Waals surface area contributed by atoms with Gasteiger partial charge in [-0.25, -0.2) is 9.59 Å². The summed E-state index contributed by atoms with van der Waals surface area (Å²) in [5, 5.41) is 12.0. The fraction of sp³-hybridized carbons (Fsp3) is 0.105. The van der Waals surface area contributed by atoms with Crippen molar-refractivity contribution >= 4 is 28.5 Å². The van der Waals surface area contributed by atoms with Gasteiger partial charge in [0, 0.05) is 11.1 Å². The summed E-state index contributed by atoms with van der Waals surface area (Å²) in [4.78, 5) is 35.6. The third-order valence-corrected chi connectivity index (χ3v) is 3.64. The Morgan fingerprint density at radius 1 is 1.15 bits per heavy atom. The third kappa shape index (κ3) is 3.41. The highest BCUT2D eigenvalue weighted by molar-refractivity contribution is 6.06. The van der Waals surface area contributed by atoms with E-state index in [0.29, 0.717) is 17.7 Å². The Balaban J connectivity index is 1.96. The highest BCUT2D eigenvalue weighted by Crippen LogP contribution is 2.25. The molecule has 3 rings (SSSR count). The molecule has 1 aromatic heterocycles. The lowest BCUT2D eigenvalue weighted by Crippen LogP contribution is -2.20. The lowest BCUT2D eigenvalue weighted by molar-refractivity contribution is 0.0696. The third-order valence-electron chi connectivity index (χ3n) is 3.64. The number of amides is 1. The minimum atomic E-state index is -1.12. The van der Waals surface area contributed by atoms with Crippen LogP contribution in [0, 0.1) is 0 Å². The number of benzene rings is 2. The Hall–Kier alpha value is -3.61. The standard InChI is InChI=1S/C19H15NO6/c1-2-25-15-8-4-5-11-10-14(19(24)26-16(11)15)17(21)20-13-7-3-6-12(9-13)18(22)23/h3-10H,2H2,1H3,(H,20,21)(H,22,23). The first kappa shape index (κ1) is 17.2. The van der Waals surface area contributed by atoms with Crippen LogP contribution in [0.3, 0.4) is 0 Å². The van der Waals surface area contributed by atoms with E-state index in [1.807, 2.05) is 6.92 Å². The van der Waals surface area contributed by atoms with E-state index in [4.69, 9.17) is 14.3 Å². The van der Waals surface area contributed by atoms with Crippen molar-refractivity contribution in [3.05, 3.63) is 70.1 Å². The molecule has 0 aliphatic heterocycles. The first-order valence-electron chi connectivity index (χ1n) is 7.84. The lowest BCUT2D eigenvalue weighted by Gasteiger charge is -2.08. The van der Waals surface area contributed by atoms with Gasteiger partial charge >= 0.3 is 11.6 Å². The molecule has 0 unspecified atom stereocenters. The van der Waals surface area contributed by atoms with E-state index < -0.39 is 17.5 Å². The average Bonchev–Trinajstić information content (AvgIpc) is 2.62. The molecule has 0 bridgehead atoms. The molecule has 0 radical (unpaired) electrons. The van der Waals surface area contributed by atoms with Crippen LogP contribution < -0.4 is 15.7 Å². The first-order chi connectivity index (χ1) is 12.5. The quantitative estimate of drug-likeness (QED) is 0.683. The monoisotopic (exact) mass is 353 g/mol. The van der Waals surface area contributed by atoms with Crippen molar-refractivity contribution in [1.29, 1.82) is 0 Å². The Kier molecular flexibility index (Phi) is 4.70. The maximum atomic E-state index is 12.4. The number of carbonyl (C=O) groups is 2. The summed E-state index contributed by atoms with van der Waals surface area (Å²) in [5.74, 6) is -1.39. The minimum Gasteiger partial charge on any atom is -0.490 e. The van der Waals surface area contributed by atoms with E-state index in [1.165, 1.54) is 30.3 Å². The largest absolute Gasteiger partial charge is 0.490 e. The van der Waals surface area contributed by atoms with Gasteiger partial charge in [0.1, 0.15) is 5.56 Å². The molecule has 0 atom stereocenters. The van der Waals surface area contributed by atoms with Gasteiger partial charge in [0.05, 0.1) is 12.2 Å². The second kappa shape index (κ2) is 7.10. The first-order valence-corrected chi connectivity index (χ1v) is 7.84. The predicted octanol–water partition coefficient (Wildman–Crippen LogP) is 3.14. The van der Waals surface area contributed by atoms with Crippen LogP contribution in [-0.4, -0.2) is 23.6 Å². The lowest BCUT2D eigenvalue weighted by atomic mass is 10.1. The Morgan fingerprint density at radius 3 is 2.65 bits per heavy atom. The molecule has 1 amide bonds. The SMILES string of the molecule is CCOc1cccc2cc(C(=O)Nc3cccc(C(=O)O)c3)c(=O)oc12. The zero-order chi connectivity index (χ0) is 18.7. The highest BCUT2D eigenvalue weighted by atomic mass is 16.5. The van der Waals surface area contributed by atoms with E-state index in [1.54, 1.807) is 18.2 Å². The Labute approximate surface area is 147 Å². The number of nitrogens with one attached hydrogen (secondary N) is 1. The van der Waals surface area contributed by atoms with Gasteiger partial charge < -0.3 is 19.6 Å². The Bertz CT molecular complexity index is 1050. The van der Waals surface area contributed by atoms with Crippen LogP contribution in [0.2, 0.25) is 0 Å². The van der Waals surface area contributed by atoms with Crippen molar-refractivity contribution in [2.45, 2.75) is 6.92 Å². The summed E-state index contributed by atoms with van der Waals surface area (Å²) in [6.45, 7) is 2.22. The van der Waals surface area contributed by atoms with Gasteiger partial charge in [0.15, 0.2) is 11.3 Å². The number of fused-ring (bicyclic) bond motifs is 1. The zero-order valence-electron chi connectivity index (χ0n) is 13.8. The number of para-hydroxylation sites is 1. The molecule has 132 valence electrons. The van der Waals surface area contributed by atoms with Gasteiger partial charge in [-0.1, -0.05) is 18.2 Å². The summed E-state index contributed by atoms with van der Waals surface area (Å²) < 4.78 is 10.7. The molecule has 26 heavy (non-hydrogen) atoms. The van der Waals surface area contributed by atoms with Crippen molar-refractivity contribution in [3.63, 3.8) is 0 Å². The number of carboxylic acids is 1. The molecule has 7 nitrogen and oxygen atoms in total. The van der Waals surface area contributed by atoms with Gasteiger partial charge in [0.25, 0.3) is 5.91 Å². The number of ether oxygens (including phenoxy) is 1. The summed E-state index contributed by atoms with van der Waals surface area (Å²) in [6.07, 6.45) is 0. The predicted molar refractivity (Wildman–Crippen MR) is 95.0 cm³/mol. The van der Waals surface area contributed by atoms with Gasteiger partial charge in [-0.05, 0) is 37.3 Å². The smallest absolute Gasteiger partial charge is 0.349 e. The molecular weight excluding hydrogens is 338 g/mol. The number of carbonyl (C=O) groups excluding carboxylic acids is 1. The van der Waals surface area contributed by atoms with E-state index in [-0.39, 0.29) is 22.4 Å². The van der Waals surface area contributed by atoms with Gasteiger partial charge in [0.2, 0.25) is 0 Å². The summed E-state index contributed by atoms with van der Waals surface area (Å²) in [7, 11) is 0. The van der Waals surface area contributed by atoms with E-state index in [9.17, 15) is 14.4 Å². The van der Waals surface area contributed by atoms with Crippen molar-refractivity contribution < 1.29 is 23.8 Å². The number of carboxylic acid groups (broad SMARTS) is 1. The second-order valence-corrected chi connectivity index (χ2v) is 5.40. The normalized spacial score (nSPS) is 10.5. The molecular formula is C19H15NO6. The topological polar surface area (TPSA) is 106 Å². The number of hydrogen-bond acceptors (Lipinski definition) is 5. The fourth-order valence-electron chi connectivity index (χ4n) is 2.47. The summed E-state index contributed by atoms with van der Waals surface area (Å²) in [5.41, 5.74) is -0.445. The van der Waals surface area contributed by atoms with Crippen LogP contribution in [0.5, 0.6) is 5.75 Å². The van der Waals surface area contributed by atoms with Gasteiger partial charge in [-0.3, -0.25) is 4.79 Å². The molecule has 0 aliphatic rings. The summed E-state index contributed by atoms with van der Waals surface area (Å²) in [6, 6.07) is 12.2. The molecule has 0 saturated carbocycles. The van der Waals surface area contributed by atoms with Crippen LogP contribution in [-0.2, 0) is 0 Å². The summed E-state index contributed by atoms with van der Waals surface area (Å²) >= 11 is 0. The number of hydrogen-bond donors (Lipinski definition) is 2. The van der Waals surface area contributed by atoms with Crippen LogP contribution in [0.1, 0.15) is 27.6 Å². The van der Waals surface area contributed by atoms with Crippen molar-refractivity contribution in [2.24, 2.45) is 0 Å². The molecule has 0 fully saturated rings. The fourth-order valence-corrected chi connectivity index (χ4v) is 2.47. The van der Waals surface area contributed by atoms with Gasteiger partial charge in [-0.2, -0.15) is 0 Å².